The van der Waals surface area contributed by atoms with E-state index in [-0.39, 0.29) is 5.91 Å². The first kappa shape index (κ1) is 14.6. The van der Waals surface area contributed by atoms with E-state index in [4.69, 9.17) is 28.9 Å². The second-order valence-electron chi connectivity index (χ2n) is 4.21. The van der Waals surface area contributed by atoms with Crippen molar-refractivity contribution in [1.82, 2.24) is 4.98 Å². The van der Waals surface area contributed by atoms with Crippen LogP contribution in [0, 0.1) is 0 Å². The smallest absolute Gasteiger partial charge is 0.255 e. The maximum Gasteiger partial charge on any atom is 0.255 e. The standard InChI is InChI=1S/C14H13Cl2N3O/c1-2-9-5-8(6-13(17)18-9)14(20)19-10-3-4-11(15)12(16)7-10/h3-7H,2H2,1H3,(H2,17,18)(H,19,20). The molecule has 20 heavy (non-hydrogen) atoms. The van der Waals surface area contributed by atoms with Gasteiger partial charge in [0.2, 0.25) is 0 Å². The van der Waals surface area contributed by atoms with Crippen LogP contribution < -0.4 is 11.1 Å². The minimum atomic E-state index is -0.271. The fraction of sp³-hybridized carbons (Fsp3) is 0.143. The van der Waals surface area contributed by atoms with Crippen molar-refractivity contribution in [2.45, 2.75) is 13.3 Å². The largest absolute Gasteiger partial charge is 0.384 e. The van der Waals surface area contributed by atoms with Gasteiger partial charge in [0.05, 0.1) is 10.0 Å². The molecule has 4 nitrogen and oxygen atoms in total. The van der Waals surface area contributed by atoms with Crippen LogP contribution in [0.1, 0.15) is 23.0 Å². The van der Waals surface area contributed by atoms with Gasteiger partial charge in [-0.3, -0.25) is 4.79 Å². The molecule has 2 rings (SSSR count). The first-order valence-corrected chi connectivity index (χ1v) is 6.78. The Hall–Kier alpha value is -1.78. The molecule has 6 heteroatoms. The Morgan fingerprint density at radius 2 is 2.00 bits per heavy atom. The van der Waals surface area contributed by atoms with Crippen LogP contribution in [-0.4, -0.2) is 10.9 Å². The van der Waals surface area contributed by atoms with E-state index in [9.17, 15) is 4.79 Å². The monoisotopic (exact) mass is 309 g/mol. The number of hydrogen-bond donors (Lipinski definition) is 2. The normalized spacial score (nSPS) is 10.3. The molecule has 3 N–H and O–H groups in total. The highest BCUT2D eigenvalue weighted by Crippen LogP contribution is 2.25. The highest BCUT2D eigenvalue weighted by atomic mass is 35.5. The summed E-state index contributed by atoms with van der Waals surface area (Å²) >= 11 is 11.7. The first-order chi connectivity index (χ1) is 9.49. The van der Waals surface area contributed by atoms with Gasteiger partial charge in [-0.15, -0.1) is 0 Å². The number of carbonyl (C=O) groups is 1. The van der Waals surface area contributed by atoms with Crippen LogP contribution in [0.4, 0.5) is 11.5 Å². The van der Waals surface area contributed by atoms with Crippen LogP contribution in [0.2, 0.25) is 10.0 Å². The molecule has 1 amide bonds. The number of nitrogens with zero attached hydrogens (tertiary/aromatic N) is 1. The second-order valence-corrected chi connectivity index (χ2v) is 5.02. The van der Waals surface area contributed by atoms with Gasteiger partial charge >= 0.3 is 0 Å². The van der Waals surface area contributed by atoms with Crippen LogP contribution in [-0.2, 0) is 6.42 Å². The van der Waals surface area contributed by atoms with Gasteiger partial charge in [0, 0.05) is 16.9 Å². The number of carbonyl (C=O) groups excluding carboxylic acids is 1. The zero-order chi connectivity index (χ0) is 14.7. The summed E-state index contributed by atoms with van der Waals surface area (Å²) in [5.41, 5.74) is 7.47. The zero-order valence-electron chi connectivity index (χ0n) is 10.8. The molecule has 2 aromatic rings. The van der Waals surface area contributed by atoms with Gasteiger partial charge in [0.25, 0.3) is 5.91 Å². The van der Waals surface area contributed by atoms with Crippen molar-refractivity contribution >= 4 is 40.6 Å². The van der Waals surface area contributed by atoms with E-state index in [1.54, 1.807) is 24.3 Å². The van der Waals surface area contributed by atoms with Gasteiger partial charge in [0.15, 0.2) is 0 Å². The summed E-state index contributed by atoms with van der Waals surface area (Å²) < 4.78 is 0. The van der Waals surface area contributed by atoms with E-state index in [0.717, 1.165) is 5.69 Å². The molecular weight excluding hydrogens is 297 g/mol. The molecule has 0 radical (unpaired) electrons. The molecule has 104 valence electrons. The fourth-order valence-electron chi connectivity index (χ4n) is 1.70. The third kappa shape index (κ3) is 3.40. The molecular formula is C14H13Cl2N3O. The van der Waals surface area contributed by atoms with Gasteiger partial charge in [-0.1, -0.05) is 30.1 Å². The number of pyridine rings is 1. The van der Waals surface area contributed by atoms with Gasteiger partial charge in [0.1, 0.15) is 5.82 Å². The Morgan fingerprint density at radius 1 is 1.25 bits per heavy atom. The van der Waals surface area contributed by atoms with Gasteiger partial charge < -0.3 is 11.1 Å². The molecule has 0 unspecified atom stereocenters. The number of rotatable bonds is 3. The van der Waals surface area contributed by atoms with E-state index >= 15 is 0 Å². The van der Waals surface area contributed by atoms with Crippen molar-refractivity contribution in [2.75, 3.05) is 11.1 Å². The number of anilines is 2. The Labute approximate surface area is 126 Å². The highest BCUT2D eigenvalue weighted by Gasteiger charge is 2.10. The summed E-state index contributed by atoms with van der Waals surface area (Å²) in [5.74, 6) is 0.0517. The predicted octanol–water partition coefficient (Wildman–Crippen LogP) is 3.79. The lowest BCUT2D eigenvalue weighted by molar-refractivity contribution is 0.102. The molecule has 0 saturated carbocycles. The predicted molar refractivity (Wildman–Crippen MR) is 82.4 cm³/mol. The summed E-state index contributed by atoms with van der Waals surface area (Å²) in [5, 5.41) is 3.56. The van der Waals surface area contributed by atoms with E-state index in [1.807, 2.05) is 6.92 Å². The van der Waals surface area contributed by atoms with Crippen LogP contribution in [0.5, 0.6) is 0 Å². The number of nitrogen functional groups attached to an aromatic ring is 1. The van der Waals surface area contributed by atoms with Crippen LogP contribution in [0.25, 0.3) is 0 Å². The van der Waals surface area contributed by atoms with Crippen molar-refractivity contribution in [3.05, 3.63) is 51.6 Å². The lowest BCUT2D eigenvalue weighted by Crippen LogP contribution is -2.13. The molecule has 0 saturated heterocycles. The Kier molecular flexibility index (Phi) is 4.47. The minimum absolute atomic E-state index is 0.271. The van der Waals surface area contributed by atoms with Gasteiger partial charge in [-0.25, -0.2) is 4.98 Å². The van der Waals surface area contributed by atoms with E-state index < -0.39 is 0 Å². The number of nitrogens with one attached hydrogen (secondary N) is 1. The van der Waals surface area contributed by atoms with E-state index in [0.29, 0.717) is 33.5 Å². The van der Waals surface area contributed by atoms with E-state index in [1.165, 1.54) is 6.07 Å². The van der Waals surface area contributed by atoms with Crippen molar-refractivity contribution in [1.29, 1.82) is 0 Å². The fourth-order valence-corrected chi connectivity index (χ4v) is 2.00. The first-order valence-electron chi connectivity index (χ1n) is 6.02. The average molecular weight is 310 g/mol. The molecule has 0 aliphatic rings. The maximum atomic E-state index is 12.2. The molecule has 0 spiro atoms. The molecule has 0 bridgehead atoms. The summed E-state index contributed by atoms with van der Waals surface area (Å²) in [4.78, 5) is 16.3. The number of aromatic nitrogens is 1. The van der Waals surface area contributed by atoms with Crippen molar-refractivity contribution in [3.63, 3.8) is 0 Å². The topological polar surface area (TPSA) is 68.0 Å². The van der Waals surface area contributed by atoms with Crippen LogP contribution >= 0.6 is 23.2 Å². The summed E-state index contributed by atoms with van der Waals surface area (Å²) in [6.07, 6.45) is 0.706. The lowest BCUT2D eigenvalue weighted by atomic mass is 10.1. The Morgan fingerprint density at radius 3 is 2.65 bits per heavy atom. The quantitative estimate of drug-likeness (QED) is 0.906. The molecule has 1 aromatic heterocycles. The van der Waals surface area contributed by atoms with Gasteiger partial charge in [-0.2, -0.15) is 0 Å². The zero-order valence-corrected chi connectivity index (χ0v) is 12.3. The average Bonchev–Trinajstić information content (AvgIpc) is 2.42. The number of aryl methyl sites for hydroxylation is 1. The summed E-state index contributed by atoms with van der Waals surface area (Å²) in [6, 6.07) is 8.14. The molecule has 0 aliphatic carbocycles. The highest BCUT2D eigenvalue weighted by molar-refractivity contribution is 6.42. The van der Waals surface area contributed by atoms with Crippen molar-refractivity contribution in [2.24, 2.45) is 0 Å². The number of nitrogens with two attached hydrogens (primary N) is 1. The second kappa shape index (κ2) is 6.11. The van der Waals surface area contributed by atoms with Crippen LogP contribution in [0.15, 0.2) is 30.3 Å². The number of amides is 1. The minimum Gasteiger partial charge on any atom is -0.384 e. The number of hydrogen-bond acceptors (Lipinski definition) is 3. The third-order valence-electron chi connectivity index (χ3n) is 2.70. The van der Waals surface area contributed by atoms with Crippen molar-refractivity contribution < 1.29 is 4.79 Å². The number of benzene rings is 1. The SMILES string of the molecule is CCc1cc(C(=O)Nc2ccc(Cl)c(Cl)c2)cc(N)n1. The molecule has 1 aromatic carbocycles. The Balaban J connectivity index is 2.23. The van der Waals surface area contributed by atoms with Crippen molar-refractivity contribution in [3.8, 4) is 0 Å². The van der Waals surface area contributed by atoms with Gasteiger partial charge in [-0.05, 0) is 36.8 Å². The summed E-state index contributed by atoms with van der Waals surface area (Å²) in [6.45, 7) is 1.95. The van der Waals surface area contributed by atoms with Crippen LogP contribution in [0.3, 0.4) is 0 Å². The molecule has 0 fully saturated rings. The Bertz CT molecular complexity index is 659. The van der Waals surface area contributed by atoms with E-state index in [2.05, 4.69) is 10.3 Å². The molecule has 0 atom stereocenters. The lowest BCUT2D eigenvalue weighted by Gasteiger charge is -2.08. The molecule has 0 aliphatic heterocycles. The third-order valence-corrected chi connectivity index (χ3v) is 3.44. The maximum absolute atomic E-state index is 12.2. The summed E-state index contributed by atoms with van der Waals surface area (Å²) in [7, 11) is 0. The molecule has 1 heterocycles. The number of halogens is 2.